The van der Waals surface area contributed by atoms with Crippen LogP contribution in [0.2, 0.25) is 0 Å². The van der Waals surface area contributed by atoms with E-state index >= 15 is 0 Å². The number of nitrogens with one attached hydrogen (secondary N) is 1. The van der Waals surface area contributed by atoms with Gasteiger partial charge in [0.2, 0.25) is 5.91 Å². The van der Waals surface area contributed by atoms with Crippen molar-refractivity contribution < 1.29 is 4.79 Å². The highest BCUT2D eigenvalue weighted by Gasteiger charge is 2.55. The molecule has 1 aromatic heterocycles. The van der Waals surface area contributed by atoms with Crippen LogP contribution in [-0.4, -0.2) is 11.4 Å². The van der Waals surface area contributed by atoms with Crippen LogP contribution < -0.4 is 5.32 Å². The molecular formula is C13H17NOS. The third-order valence-corrected chi connectivity index (χ3v) is 5.36. The second-order valence-corrected chi connectivity index (χ2v) is 6.54. The van der Waals surface area contributed by atoms with E-state index in [9.17, 15) is 4.79 Å². The van der Waals surface area contributed by atoms with Crippen LogP contribution in [0, 0.1) is 0 Å². The predicted molar refractivity (Wildman–Crippen MR) is 65.8 cm³/mol. The first-order valence-electron chi connectivity index (χ1n) is 5.93. The highest BCUT2D eigenvalue weighted by molar-refractivity contribution is 7.10. The van der Waals surface area contributed by atoms with Crippen molar-refractivity contribution in [1.82, 2.24) is 5.32 Å². The number of fused-ring (bicyclic) bond motifs is 2. The molecule has 1 spiro atoms. The Balaban J connectivity index is 2.17. The van der Waals surface area contributed by atoms with E-state index in [1.807, 2.05) is 11.3 Å². The number of aryl methyl sites for hydroxylation is 1. The molecule has 1 saturated heterocycles. The molecular weight excluding hydrogens is 218 g/mol. The number of amides is 1. The summed E-state index contributed by atoms with van der Waals surface area (Å²) >= 11 is 1.85. The zero-order chi connectivity index (χ0) is 11.4. The lowest BCUT2D eigenvalue weighted by atomic mass is 9.62. The van der Waals surface area contributed by atoms with Gasteiger partial charge in [0.1, 0.15) is 0 Å². The lowest BCUT2D eigenvalue weighted by molar-refractivity contribution is -0.119. The first kappa shape index (κ1) is 10.3. The number of hydrogen-bond acceptors (Lipinski definition) is 2. The van der Waals surface area contributed by atoms with Gasteiger partial charge in [0.05, 0.1) is 0 Å². The highest BCUT2D eigenvalue weighted by Crippen LogP contribution is 2.51. The van der Waals surface area contributed by atoms with Crippen LogP contribution in [0.5, 0.6) is 0 Å². The molecule has 2 nitrogen and oxygen atoms in total. The minimum absolute atomic E-state index is 0.0532. The molecule has 0 saturated carbocycles. The molecule has 1 aliphatic heterocycles. The summed E-state index contributed by atoms with van der Waals surface area (Å²) in [5.41, 5.74) is 1.39. The molecule has 0 radical (unpaired) electrons. The minimum Gasteiger partial charge on any atom is -0.350 e. The predicted octanol–water partition coefficient (Wildman–Crippen LogP) is 2.62. The van der Waals surface area contributed by atoms with Crippen molar-refractivity contribution in [3.05, 3.63) is 21.9 Å². The number of carbonyl (C=O) groups excluding carboxylic acids is 1. The third kappa shape index (κ3) is 1.15. The summed E-state index contributed by atoms with van der Waals surface area (Å²) in [6.07, 6.45) is 4.22. The van der Waals surface area contributed by atoms with Gasteiger partial charge in [-0.2, -0.15) is 0 Å². The van der Waals surface area contributed by atoms with Crippen molar-refractivity contribution in [1.29, 1.82) is 0 Å². The maximum Gasteiger partial charge on any atom is 0.221 e. The summed E-state index contributed by atoms with van der Waals surface area (Å²) in [4.78, 5) is 13.3. The number of carbonyl (C=O) groups is 1. The molecule has 2 aliphatic rings. The molecule has 1 atom stereocenters. The second-order valence-electron chi connectivity index (χ2n) is 5.54. The Morgan fingerprint density at radius 3 is 2.94 bits per heavy atom. The molecule has 3 rings (SSSR count). The molecule has 1 fully saturated rings. The monoisotopic (exact) mass is 235 g/mol. The largest absolute Gasteiger partial charge is 0.350 e. The van der Waals surface area contributed by atoms with E-state index in [1.54, 1.807) is 0 Å². The maximum absolute atomic E-state index is 11.8. The summed E-state index contributed by atoms with van der Waals surface area (Å²) < 4.78 is 0. The Hall–Kier alpha value is -0.830. The Morgan fingerprint density at radius 1 is 1.44 bits per heavy atom. The van der Waals surface area contributed by atoms with Gasteiger partial charge in [0, 0.05) is 22.3 Å². The van der Waals surface area contributed by atoms with Crippen LogP contribution in [0.1, 0.15) is 43.6 Å². The molecule has 2 heterocycles. The fraction of sp³-hybridized carbons (Fsp3) is 0.615. The zero-order valence-corrected chi connectivity index (χ0v) is 10.6. The van der Waals surface area contributed by atoms with Gasteiger partial charge >= 0.3 is 0 Å². The Morgan fingerprint density at radius 2 is 2.25 bits per heavy atom. The van der Waals surface area contributed by atoms with Gasteiger partial charge < -0.3 is 5.32 Å². The molecule has 1 amide bonds. The van der Waals surface area contributed by atoms with Gasteiger partial charge in [-0.15, -0.1) is 11.3 Å². The normalized spacial score (nSPS) is 31.5. The van der Waals surface area contributed by atoms with Crippen LogP contribution in [0.25, 0.3) is 0 Å². The average molecular weight is 235 g/mol. The summed E-state index contributed by atoms with van der Waals surface area (Å²) in [6.45, 7) is 4.34. The van der Waals surface area contributed by atoms with Gasteiger partial charge in [-0.1, -0.05) is 0 Å². The average Bonchev–Trinajstić information content (AvgIpc) is 2.71. The van der Waals surface area contributed by atoms with Crippen molar-refractivity contribution in [3.8, 4) is 0 Å². The van der Waals surface area contributed by atoms with E-state index in [2.05, 4.69) is 30.6 Å². The maximum atomic E-state index is 11.8. The van der Waals surface area contributed by atoms with Crippen LogP contribution in [0.4, 0.5) is 0 Å². The van der Waals surface area contributed by atoms with E-state index in [0.29, 0.717) is 6.42 Å². The number of rotatable bonds is 0. The SMILES string of the molecule is CC1(C)NC(=O)CC12CCCc1sccc12. The molecule has 16 heavy (non-hydrogen) atoms. The number of hydrogen-bond donors (Lipinski definition) is 1. The van der Waals surface area contributed by atoms with Crippen LogP contribution in [0.15, 0.2) is 11.4 Å². The zero-order valence-electron chi connectivity index (χ0n) is 9.80. The summed E-state index contributed by atoms with van der Waals surface area (Å²) in [5.74, 6) is 0.212. The van der Waals surface area contributed by atoms with E-state index in [1.165, 1.54) is 23.3 Å². The molecule has 86 valence electrons. The molecule has 3 heteroatoms. The summed E-state index contributed by atoms with van der Waals surface area (Å²) in [7, 11) is 0. The summed E-state index contributed by atoms with van der Waals surface area (Å²) in [5, 5.41) is 5.33. The molecule has 1 N–H and O–H groups in total. The first-order chi connectivity index (χ1) is 7.55. The smallest absolute Gasteiger partial charge is 0.221 e. The fourth-order valence-corrected chi connectivity index (χ4v) is 4.51. The van der Waals surface area contributed by atoms with E-state index in [0.717, 1.165) is 6.42 Å². The minimum atomic E-state index is -0.0969. The van der Waals surface area contributed by atoms with Gasteiger partial charge in [0.25, 0.3) is 0 Å². The Kier molecular flexibility index (Phi) is 2.00. The van der Waals surface area contributed by atoms with E-state index < -0.39 is 0 Å². The van der Waals surface area contributed by atoms with Crippen molar-refractivity contribution in [2.75, 3.05) is 0 Å². The highest BCUT2D eigenvalue weighted by atomic mass is 32.1. The lowest BCUT2D eigenvalue weighted by Gasteiger charge is -2.43. The molecule has 1 aromatic rings. The van der Waals surface area contributed by atoms with Gasteiger partial charge in [-0.05, 0) is 50.1 Å². The van der Waals surface area contributed by atoms with Crippen LogP contribution in [0.3, 0.4) is 0 Å². The van der Waals surface area contributed by atoms with Crippen molar-refractivity contribution >= 4 is 17.2 Å². The van der Waals surface area contributed by atoms with Crippen molar-refractivity contribution in [2.24, 2.45) is 0 Å². The van der Waals surface area contributed by atoms with E-state index in [-0.39, 0.29) is 16.9 Å². The van der Waals surface area contributed by atoms with Gasteiger partial charge in [0.15, 0.2) is 0 Å². The first-order valence-corrected chi connectivity index (χ1v) is 6.81. The summed E-state index contributed by atoms with van der Waals surface area (Å²) in [6, 6.07) is 2.24. The van der Waals surface area contributed by atoms with Crippen molar-refractivity contribution in [2.45, 2.75) is 50.5 Å². The van der Waals surface area contributed by atoms with Crippen molar-refractivity contribution in [3.63, 3.8) is 0 Å². The fourth-order valence-electron chi connectivity index (χ4n) is 3.49. The lowest BCUT2D eigenvalue weighted by Crippen LogP contribution is -2.51. The molecule has 1 unspecified atom stereocenters. The standard InChI is InChI=1S/C13H17NOS/c1-12(2)13(8-11(15)14-12)6-3-4-10-9(13)5-7-16-10/h5,7H,3-4,6,8H2,1-2H3,(H,14,15). The number of thiophene rings is 1. The third-order valence-electron chi connectivity index (χ3n) is 4.38. The van der Waals surface area contributed by atoms with Gasteiger partial charge in [-0.3, -0.25) is 4.79 Å². The quantitative estimate of drug-likeness (QED) is 0.736. The van der Waals surface area contributed by atoms with Gasteiger partial charge in [-0.25, -0.2) is 0 Å². The second kappa shape index (κ2) is 3.10. The van der Waals surface area contributed by atoms with E-state index in [4.69, 9.17) is 0 Å². The van der Waals surface area contributed by atoms with Crippen LogP contribution >= 0.6 is 11.3 Å². The molecule has 0 aromatic carbocycles. The molecule has 0 bridgehead atoms. The topological polar surface area (TPSA) is 29.1 Å². The Labute approximate surface area is 100 Å². The molecule has 1 aliphatic carbocycles. The van der Waals surface area contributed by atoms with Crippen LogP contribution in [-0.2, 0) is 16.6 Å². The Bertz CT molecular complexity index is 449.